The van der Waals surface area contributed by atoms with E-state index in [4.69, 9.17) is 16.1 Å². The van der Waals surface area contributed by atoms with Crippen LogP contribution < -0.4 is 5.32 Å². The number of amides is 2. The molecule has 1 saturated heterocycles. The molecule has 2 N–H and O–H groups in total. The molecule has 2 heterocycles. The Morgan fingerprint density at radius 1 is 1.29 bits per heavy atom. The van der Waals surface area contributed by atoms with Crippen molar-refractivity contribution in [1.82, 2.24) is 15.4 Å². The van der Waals surface area contributed by atoms with Gasteiger partial charge in [0, 0.05) is 24.1 Å². The van der Waals surface area contributed by atoms with Crippen molar-refractivity contribution in [2.75, 3.05) is 6.54 Å². The predicted molar refractivity (Wildman–Crippen MR) is 118 cm³/mol. The standard InChI is InChI=1S/C23H30ClN3O4/c1-5-17-10-20(31-26-17)21(13(2)3)23(30)27-12-18(28)11-19(27)22(29)25-14(4)15-6-8-16(24)9-7-15/h6-10,13-14,18-19,21,28H,5,11-12H2,1-4H3,(H,25,29). The first-order valence-corrected chi connectivity index (χ1v) is 11.1. The number of hydrogen-bond acceptors (Lipinski definition) is 5. The van der Waals surface area contributed by atoms with Crippen LogP contribution in [0.5, 0.6) is 0 Å². The lowest BCUT2D eigenvalue weighted by Gasteiger charge is -2.29. The van der Waals surface area contributed by atoms with Gasteiger partial charge in [0.2, 0.25) is 11.8 Å². The zero-order chi connectivity index (χ0) is 22.7. The fourth-order valence-electron chi connectivity index (χ4n) is 4.01. The highest BCUT2D eigenvalue weighted by Gasteiger charge is 2.43. The van der Waals surface area contributed by atoms with E-state index in [1.807, 2.05) is 39.8 Å². The van der Waals surface area contributed by atoms with E-state index in [9.17, 15) is 14.7 Å². The predicted octanol–water partition coefficient (Wildman–Crippen LogP) is 3.47. The number of aliphatic hydroxyl groups is 1. The van der Waals surface area contributed by atoms with Gasteiger partial charge in [0.1, 0.15) is 17.7 Å². The average molecular weight is 448 g/mol. The minimum atomic E-state index is -0.751. The Labute approximate surface area is 187 Å². The number of aromatic nitrogens is 1. The van der Waals surface area contributed by atoms with Gasteiger partial charge in [-0.3, -0.25) is 9.59 Å². The lowest BCUT2D eigenvalue weighted by atomic mass is 9.91. The molecule has 7 nitrogen and oxygen atoms in total. The highest BCUT2D eigenvalue weighted by atomic mass is 35.5. The van der Waals surface area contributed by atoms with Gasteiger partial charge in [-0.05, 0) is 37.0 Å². The fraction of sp³-hybridized carbons (Fsp3) is 0.522. The third-order valence-corrected chi connectivity index (χ3v) is 6.02. The van der Waals surface area contributed by atoms with Crippen molar-refractivity contribution in [2.24, 2.45) is 5.92 Å². The molecule has 0 spiro atoms. The molecule has 168 valence electrons. The third-order valence-electron chi connectivity index (χ3n) is 5.77. The first-order chi connectivity index (χ1) is 14.7. The minimum Gasteiger partial charge on any atom is -0.391 e. The molecule has 31 heavy (non-hydrogen) atoms. The molecule has 1 aliphatic rings. The number of aliphatic hydroxyl groups excluding tert-OH is 1. The molecule has 2 aromatic rings. The molecule has 4 atom stereocenters. The average Bonchev–Trinajstić information content (AvgIpc) is 3.34. The molecule has 3 rings (SSSR count). The molecular weight excluding hydrogens is 418 g/mol. The van der Waals surface area contributed by atoms with Crippen LogP contribution in [0.1, 0.15) is 63.1 Å². The Morgan fingerprint density at radius 2 is 1.97 bits per heavy atom. The van der Waals surface area contributed by atoms with Crippen LogP contribution in [-0.4, -0.2) is 45.7 Å². The van der Waals surface area contributed by atoms with Gasteiger partial charge in [-0.25, -0.2) is 0 Å². The van der Waals surface area contributed by atoms with Crippen LogP contribution in [0.4, 0.5) is 0 Å². The van der Waals surface area contributed by atoms with Crippen molar-refractivity contribution in [3.05, 3.63) is 52.4 Å². The van der Waals surface area contributed by atoms with Crippen LogP contribution in [0.25, 0.3) is 0 Å². The summed E-state index contributed by atoms with van der Waals surface area (Å²) >= 11 is 5.94. The summed E-state index contributed by atoms with van der Waals surface area (Å²) in [7, 11) is 0. The van der Waals surface area contributed by atoms with E-state index in [1.165, 1.54) is 4.90 Å². The summed E-state index contributed by atoms with van der Waals surface area (Å²) in [6.07, 6.45) is 0.157. The summed E-state index contributed by atoms with van der Waals surface area (Å²) in [5.74, 6) is -0.653. The quantitative estimate of drug-likeness (QED) is 0.677. The minimum absolute atomic E-state index is 0.0559. The molecule has 2 amide bonds. The first-order valence-electron chi connectivity index (χ1n) is 10.7. The first kappa shape index (κ1) is 23.3. The summed E-state index contributed by atoms with van der Waals surface area (Å²) in [6.45, 7) is 7.81. The Hall–Kier alpha value is -2.38. The van der Waals surface area contributed by atoms with Crippen LogP contribution >= 0.6 is 11.6 Å². The van der Waals surface area contributed by atoms with Crippen LogP contribution in [0.15, 0.2) is 34.9 Å². The maximum Gasteiger partial charge on any atom is 0.243 e. The number of rotatable bonds is 7. The molecule has 1 aliphatic heterocycles. The van der Waals surface area contributed by atoms with Crippen molar-refractivity contribution in [3.63, 3.8) is 0 Å². The Morgan fingerprint density at radius 3 is 2.55 bits per heavy atom. The molecule has 1 aromatic carbocycles. The summed E-state index contributed by atoms with van der Waals surface area (Å²) in [6, 6.07) is 8.03. The molecule has 0 radical (unpaired) electrons. The van der Waals surface area contributed by atoms with Gasteiger partial charge in [0.25, 0.3) is 0 Å². The number of likely N-dealkylation sites (tertiary alicyclic amines) is 1. The number of aryl methyl sites for hydroxylation is 1. The second-order valence-corrected chi connectivity index (χ2v) is 8.91. The molecule has 4 unspecified atom stereocenters. The van der Waals surface area contributed by atoms with E-state index < -0.39 is 18.1 Å². The second-order valence-electron chi connectivity index (χ2n) is 8.47. The topological polar surface area (TPSA) is 95.7 Å². The summed E-state index contributed by atoms with van der Waals surface area (Å²) < 4.78 is 5.44. The van der Waals surface area contributed by atoms with E-state index in [2.05, 4.69) is 10.5 Å². The molecule has 1 aromatic heterocycles. The Kier molecular flexibility index (Phi) is 7.38. The highest BCUT2D eigenvalue weighted by molar-refractivity contribution is 6.30. The van der Waals surface area contributed by atoms with E-state index in [0.717, 1.165) is 11.3 Å². The van der Waals surface area contributed by atoms with Crippen molar-refractivity contribution in [2.45, 2.75) is 64.6 Å². The smallest absolute Gasteiger partial charge is 0.243 e. The number of benzene rings is 1. The van der Waals surface area contributed by atoms with Gasteiger partial charge in [-0.2, -0.15) is 0 Å². The van der Waals surface area contributed by atoms with Crippen LogP contribution in [0, 0.1) is 5.92 Å². The number of carbonyl (C=O) groups excluding carboxylic acids is 2. The second kappa shape index (κ2) is 9.83. The van der Waals surface area contributed by atoms with Crippen molar-refractivity contribution in [3.8, 4) is 0 Å². The fourth-order valence-corrected chi connectivity index (χ4v) is 4.13. The van der Waals surface area contributed by atoms with Gasteiger partial charge in [0.15, 0.2) is 0 Å². The zero-order valence-corrected chi connectivity index (χ0v) is 19.1. The number of nitrogens with zero attached hydrogens (tertiary/aromatic N) is 2. The summed E-state index contributed by atoms with van der Waals surface area (Å²) in [4.78, 5) is 28.0. The molecule has 0 saturated carbocycles. The largest absolute Gasteiger partial charge is 0.391 e. The normalized spacial score (nSPS) is 20.7. The van der Waals surface area contributed by atoms with Crippen LogP contribution in [0.2, 0.25) is 5.02 Å². The van der Waals surface area contributed by atoms with Crippen molar-refractivity contribution >= 4 is 23.4 Å². The maximum absolute atomic E-state index is 13.5. The van der Waals surface area contributed by atoms with Gasteiger partial charge in [-0.1, -0.05) is 49.7 Å². The van der Waals surface area contributed by atoms with E-state index >= 15 is 0 Å². The third kappa shape index (κ3) is 5.28. The van der Waals surface area contributed by atoms with Gasteiger partial charge in [-0.15, -0.1) is 0 Å². The number of β-amino-alcohol motifs (C(OH)–C–C–N with tert-alkyl or cyclic N) is 1. The molecule has 0 bridgehead atoms. The zero-order valence-electron chi connectivity index (χ0n) is 18.3. The Balaban J connectivity index is 1.77. The number of halogens is 1. The van der Waals surface area contributed by atoms with Gasteiger partial charge in [0.05, 0.1) is 17.8 Å². The number of carbonyl (C=O) groups is 2. The van der Waals surface area contributed by atoms with Crippen LogP contribution in [0.3, 0.4) is 0 Å². The van der Waals surface area contributed by atoms with E-state index in [1.54, 1.807) is 18.2 Å². The SMILES string of the molecule is CCc1cc(C(C(=O)N2CC(O)CC2C(=O)NC(C)c2ccc(Cl)cc2)C(C)C)on1. The van der Waals surface area contributed by atoms with Crippen molar-refractivity contribution in [1.29, 1.82) is 0 Å². The molecule has 1 fully saturated rings. The van der Waals surface area contributed by atoms with Gasteiger partial charge >= 0.3 is 0 Å². The molecular formula is C23H30ClN3O4. The van der Waals surface area contributed by atoms with E-state index in [-0.39, 0.29) is 36.7 Å². The van der Waals surface area contributed by atoms with Crippen molar-refractivity contribution < 1.29 is 19.2 Å². The maximum atomic E-state index is 13.5. The number of nitrogens with one attached hydrogen (secondary N) is 1. The lowest BCUT2D eigenvalue weighted by Crippen LogP contribution is -2.48. The van der Waals surface area contributed by atoms with Crippen LogP contribution in [-0.2, 0) is 16.0 Å². The molecule has 8 heteroatoms. The number of hydrogen-bond donors (Lipinski definition) is 2. The lowest BCUT2D eigenvalue weighted by molar-refractivity contribution is -0.141. The van der Waals surface area contributed by atoms with E-state index in [0.29, 0.717) is 17.2 Å². The monoisotopic (exact) mass is 447 g/mol. The van der Waals surface area contributed by atoms with Gasteiger partial charge < -0.3 is 19.8 Å². The summed E-state index contributed by atoms with van der Waals surface area (Å²) in [5.41, 5.74) is 1.68. The molecule has 0 aliphatic carbocycles. The Bertz CT molecular complexity index is 912. The summed E-state index contributed by atoms with van der Waals surface area (Å²) in [5, 5.41) is 17.9. The highest BCUT2D eigenvalue weighted by Crippen LogP contribution is 2.31.